The number of hydrogen-bond acceptors (Lipinski definition) is 3. The van der Waals surface area contributed by atoms with Crippen LogP contribution in [0.2, 0.25) is 0 Å². The molecule has 1 radical (unpaired) electrons. The standard InChI is InChI=1S/C16H11N2.C4H5O.2C2H6.V.W/c1-3-7-13(8-4-1)15-11-17-12-18-16(15)14-9-5-2-6-10-14;1-3-4(2)5;2*1-2;;/h1-11H;1,3H,2H3;2*1-2H3;;/q2*-1;;;;. The minimum atomic E-state index is -0.0926. The van der Waals surface area contributed by atoms with Crippen molar-refractivity contribution in [2.75, 3.05) is 0 Å². The summed E-state index contributed by atoms with van der Waals surface area (Å²) in [4.78, 5) is 17.9. The molecule has 0 aliphatic carbocycles. The van der Waals surface area contributed by atoms with Crippen molar-refractivity contribution in [1.29, 1.82) is 0 Å². The largest absolute Gasteiger partial charge is 0.407 e. The van der Waals surface area contributed by atoms with Gasteiger partial charge in [-0.15, -0.1) is 0 Å². The molecule has 0 amide bonds. The Morgan fingerprint density at radius 1 is 0.897 bits per heavy atom. The smallest absolute Gasteiger partial charge is 0.0219 e. The van der Waals surface area contributed by atoms with Crippen molar-refractivity contribution in [2.45, 2.75) is 34.6 Å². The first-order valence-corrected chi connectivity index (χ1v) is 9.12. The van der Waals surface area contributed by atoms with Crippen LogP contribution in [-0.4, -0.2) is 15.8 Å². The Morgan fingerprint density at radius 3 is 1.72 bits per heavy atom. The number of carbonyl (C=O) groups excluding carboxylic acids is 1. The fraction of sp³-hybridized carbons (Fsp3) is 0.208. The van der Waals surface area contributed by atoms with Gasteiger partial charge in [0, 0.05) is 45.9 Å². The van der Waals surface area contributed by atoms with E-state index >= 15 is 0 Å². The molecule has 3 rings (SSSR count). The van der Waals surface area contributed by atoms with E-state index in [1.54, 1.807) is 0 Å². The van der Waals surface area contributed by atoms with E-state index in [-0.39, 0.29) is 45.4 Å². The van der Waals surface area contributed by atoms with E-state index in [9.17, 15) is 4.79 Å². The Bertz CT molecular complexity index is 723. The molecule has 3 nitrogen and oxygen atoms in total. The molecule has 29 heavy (non-hydrogen) atoms. The van der Waals surface area contributed by atoms with E-state index in [1.165, 1.54) is 6.92 Å². The maximum Gasteiger partial charge on any atom is 0.0219 e. The summed E-state index contributed by atoms with van der Waals surface area (Å²) in [6, 6.07) is 20.2. The summed E-state index contributed by atoms with van der Waals surface area (Å²) in [5.41, 5.74) is 4.14. The molecule has 0 unspecified atom stereocenters. The van der Waals surface area contributed by atoms with Crippen molar-refractivity contribution in [1.82, 2.24) is 9.97 Å². The SMILES string of the molecule is CC.CC.[CH-]=CC(C)=O.[V].[W].[c-]1ncc(-c2ccccc2)c(-c2ccccc2)n1. The number of benzene rings is 2. The first kappa shape index (κ1) is 31.9. The maximum atomic E-state index is 9.63. The van der Waals surface area contributed by atoms with Gasteiger partial charge in [-0.3, -0.25) is 6.58 Å². The van der Waals surface area contributed by atoms with Gasteiger partial charge in [0.15, 0.2) is 0 Å². The minimum absolute atomic E-state index is 0. The van der Waals surface area contributed by atoms with Crippen LogP contribution in [-0.2, 0) is 44.4 Å². The third kappa shape index (κ3) is 12.4. The zero-order valence-corrected chi connectivity index (χ0v) is 22.0. The molecule has 0 saturated heterocycles. The summed E-state index contributed by atoms with van der Waals surface area (Å²) in [5, 5.41) is 0. The van der Waals surface area contributed by atoms with Crippen LogP contribution in [0.3, 0.4) is 0 Å². The summed E-state index contributed by atoms with van der Waals surface area (Å²) in [5.74, 6) is -0.0926. The Morgan fingerprint density at radius 2 is 1.31 bits per heavy atom. The molecule has 3 aromatic rings. The average Bonchev–Trinajstić information content (AvgIpc) is 2.78. The van der Waals surface area contributed by atoms with Crippen molar-refractivity contribution in [2.24, 2.45) is 0 Å². The summed E-state index contributed by atoms with van der Waals surface area (Å²) in [6.45, 7) is 14.1. The first-order chi connectivity index (χ1) is 13.2. The third-order valence-corrected chi connectivity index (χ3v) is 3.04. The molecule has 0 atom stereocenters. The molecule has 153 valence electrons. The second kappa shape index (κ2) is 20.9. The number of nitrogens with zero attached hydrogens (tertiary/aromatic N) is 2. The molecule has 0 fully saturated rings. The van der Waals surface area contributed by atoms with Crippen molar-refractivity contribution in [3.05, 3.63) is 85.8 Å². The van der Waals surface area contributed by atoms with Crippen molar-refractivity contribution in [3.8, 4) is 22.4 Å². The zero-order valence-electron chi connectivity index (χ0n) is 17.7. The Kier molecular flexibility index (Phi) is 23.0. The van der Waals surface area contributed by atoms with E-state index in [4.69, 9.17) is 6.58 Å². The number of aromatic nitrogens is 2. The fourth-order valence-corrected chi connectivity index (χ4v) is 1.94. The molecule has 0 aliphatic heterocycles. The molecule has 2 aromatic carbocycles. The van der Waals surface area contributed by atoms with E-state index in [2.05, 4.69) is 28.4 Å². The molecule has 0 saturated carbocycles. The van der Waals surface area contributed by atoms with E-state index in [0.29, 0.717) is 0 Å². The van der Waals surface area contributed by atoms with Gasteiger partial charge in [0.1, 0.15) is 0 Å². The van der Waals surface area contributed by atoms with E-state index in [0.717, 1.165) is 28.5 Å². The Hall–Kier alpha value is -1.80. The molecule has 0 aliphatic rings. The van der Waals surface area contributed by atoms with Crippen molar-refractivity contribution in [3.63, 3.8) is 0 Å². The third-order valence-electron chi connectivity index (χ3n) is 3.04. The minimum Gasteiger partial charge on any atom is -0.407 e. The average molecular weight is 595 g/mol. The maximum absolute atomic E-state index is 9.63. The Balaban J connectivity index is -0.000000535. The molecule has 1 aromatic heterocycles. The van der Waals surface area contributed by atoms with Gasteiger partial charge in [-0.1, -0.05) is 113 Å². The van der Waals surface area contributed by atoms with Crippen LogP contribution in [0.4, 0.5) is 0 Å². The van der Waals surface area contributed by atoms with Gasteiger partial charge in [-0.25, -0.2) is 6.08 Å². The van der Waals surface area contributed by atoms with Crippen LogP contribution in [0.1, 0.15) is 34.6 Å². The quantitative estimate of drug-likeness (QED) is 0.267. The van der Waals surface area contributed by atoms with Crippen LogP contribution in [0.25, 0.3) is 22.4 Å². The van der Waals surface area contributed by atoms with Crippen LogP contribution in [0, 0.1) is 12.9 Å². The van der Waals surface area contributed by atoms with Gasteiger partial charge >= 0.3 is 0 Å². The summed E-state index contributed by atoms with van der Waals surface area (Å²) >= 11 is 0. The fourth-order valence-electron chi connectivity index (χ4n) is 1.94. The van der Waals surface area contributed by atoms with Gasteiger partial charge in [-0.05, 0) is 17.0 Å². The second-order valence-electron chi connectivity index (χ2n) is 4.74. The van der Waals surface area contributed by atoms with Crippen LogP contribution >= 0.6 is 0 Å². The van der Waals surface area contributed by atoms with Crippen LogP contribution in [0.5, 0.6) is 0 Å². The van der Waals surface area contributed by atoms with E-state index in [1.807, 2.05) is 82.4 Å². The number of hydrogen-bond donors (Lipinski definition) is 0. The number of rotatable bonds is 3. The van der Waals surface area contributed by atoms with Gasteiger partial charge in [0.05, 0.1) is 0 Å². The van der Waals surface area contributed by atoms with Crippen molar-refractivity contribution < 1.29 is 44.4 Å². The zero-order chi connectivity index (χ0) is 20.5. The van der Waals surface area contributed by atoms with Gasteiger partial charge in [-0.2, -0.15) is 0 Å². The molecule has 5 heteroatoms. The first-order valence-electron chi connectivity index (χ1n) is 9.12. The molecule has 0 bridgehead atoms. The topological polar surface area (TPSA) is 42.9 Å². The summed E-state index contributed by atoms with van der Waals surface area (Å²) in [7, 11) is 0. The normalized spacial score (nSPS) is 7.90. The predicted octanol–water partition coefficient (Wildman–Crippen LogP) is 6.22. The van der Waals surface area contributed by atoms with E-state index < -0.39 is 0 Å². The summed E-state index contributed by atoms with van der Waals surface area (Å²) < 4.78 is 0. The Labute approximate surface area is 202 Å². The number of allylic oxidation sites excluding steroid dienone is 1. The second-order valence-corrected chi connectivity index (χ2v) is 4.74. The van der Waals surface area contributed by atoms with Gasteiger partial charge < -0.3 is 14.8 Å². The summed E-state index contributed by atoms with van der Waals surface area (Å²) in [6.07, 6.45) is 5.51. The molecule has 1 heterocycles. The molecule has 0 spiro atoms. The van der Waals surface area contributed by atoms with Gasteiger partial charge in [0.2, 0.25) is 0 Å². The van der Waals surface area contributed by atoms with Crippen LogP contribution in [0.15, 0.2) is 72.9 Å². The molecule has 0 N–H and O–H groups in total. The van der Waals surface area contributed by atoms with Crippen LogP contribution < -0.4 is 0 Å². The van der Waals surface area contributed by atoms with Crippen molar-refractivity contribution >= 4 is 5.78 Å². The number of carbonyl (C=O) groups is 1. The number of ketones is 1. The van der Waals surface area contributed by atoms with Gasteiger partial charge in [0.25, 0.3) is 0 Å². The monoisotopic (exact) mass is 595 g/mol. The predicted molar refractivity (Wildman–Crippen MR) is 114 cm³/mol. The molecular formula is C24H28N2OVW-2. The molecular weight excluding hydrogens is 567 g/mol.